The molecule has 1 atom stereocenters. The van der Waals surface area contributed by atoms with E-state index >= 15 is 0 Å². The lowest BCUT2D eigenvalue weighted by Gasteiger charge is -2.23. The largest absolute Gasteiger partial charge is 0.406 e. The molecule has 0 radical (unpaired) electrons. The highest BCUT2D eigenvalue weighted by molar-refractivity contribution is 5.92. The van der Waals surface area contributed by atoms with E-state index in [0.717, 1.165) is 12.8 Å². The maximum absolute atomic E-state index is 12.3. The summed E-state index contributed by atoms with van der Waals surface area (Å²) in [5, 5.41) is 12.4. The summed E-state index contributed by atoms with van der Waals surface area (Å²) >= 11 is 0. The van der Waals surface area contributed by atoms with Gasteiger partial charge in [-0.05, 0) is 32.1 Å². The number of amides is 2. The summed E-state index contributed by atoms with van der Waals surface area (Å²) in [6.07, 6.45) is -2.21. The number of hydrogen-bond acceptors (Lipinski definition) is 3. The second-order valence-electron chi connectivity index (χ2n) is 5.43. The maximum atomic E-state index is 12.3. The molecule has 114 valence electrons. The highest BCUT2D eigenvalue weighted by atomic mass is 19.4. The van der Waals surface area contributed by atoms with Gasteiger partial charge in [0.1, 0.15) is 18.2 Å². The van der Waals surface area contributed by atoms with E-state index in [4.69, 9.17) is 0 Å². The zero-order valence-electron chi connectivity index (χ0n) is 10.9. The van der Waals surface area contributed by atoms with Gasteiger partial charge in [0.15, 0.2) is 0 Å². The molecule has 2 N–H and O–H groups in total. The second-order valence-corrected chi connectivity index (χ2v) is 5.43. The fraction of sp³-hybridized carbons (Fsp3) is 0.833. The third-order valence-corrected chi connectivity index (χ3v) is 3.83. The number of carbonyl (C=O) groups is 2. The fourth-order valence-corrected chi connectivity index (χ4v) is 2.73. The van der Waals surface area contributed by atoms with Crippen LogP contribution in [0.2, 0.25) is 0 Å². The Morgan fingerprint density at radius 2 is 2.00 bits per heavy atom. The lowest BCUT2D eigenvalue weighted by Crippen LogP contribution is -2.51. The van der Waals surface area contributed by atoms with Gasteiger partial charge in [0.25, 0.3) is 5.91 Å². The SMILES string of the molecule is O=C1C(NC(=O)C2(O)CCCC2)CCN1CC(F)(F)F. The first-order valence-corrected chi connectivity index (χ1v) is 6.60. The summed E-state index contributed by atoms with van der Waals surface area (Å²) < 4.78 is 36.8. The van der Waals surface area contributed by atoms with Crippen LogP contribution >= 0.6 is 0 Å². The van der Waals surface area contributed by atoms with Gasteiger partial charge in [0.05, 0.1) is 0 Å². The lowest BCUT2D eigenvalue weighted by atomic mass is 10.0. The number of hydrogen-bond donors (Lipinski definition) is 2. The first-order chi connectivity index (χ1) is 9.21. The monoisotopic (exact) mass is 294 g/mol. The van der Waals surface area contributed by atoms with Gasteiger partial charge in [0.2, 0.25) is 5.91 Å². The van der Waals surface area contributed by atoms with E-state index in [1.165, 1.54) is 0 Å². The zero-order chi connectivity index (χ0) is 15.0. The van der Waals surface area contributed by atoms with Crippen LogP contribution in [0.25, 0.3) is 0 Å². The molecule has 1 heterocycles. The summed E-state index contributed by atoms with van der Waals surface area (Å²) in [6, 6.07) is -0.963. The summed E-state index contributed by atoms with van der Waals surface area (Å²) in [4.78, 5) is 24.4. The van der Waals surface area contributed by atoms with Crippen LogP contribution in [0.5, 0.6) is 0 Å². The standard InChI is InChI=1S/C12H17F3N2O3/c13-12(14,15)7-17-6-3-8(9(17)18)16-10(19)11(20)4-1-2-5-11/h8,20H,1-7H2,(H,16,19). The van der Waals surface area contributed by atoms with Crippen LogP contribution in [0.4, 0.5) is 13.2 Å². The van der Waals surface area contributed by atoms with Crippen LogP contribution in [-0.2, 0) is 9.59 Å². The molecule has 2 fully saturated rings. The van der Waals surface area contributed by atoms with Gasteiger partial charge >= 0.3 is 6.18 Å². The van der Waals surface area contributed by atoms with E-state index < -0.39 is 36.2 Å². The van der Waals surface area contributed by atoms with Gasteiger partial charge in [-0.15, -0.1) is 0 Å². The molecule has 2 rings (SSSR count). The number of likely N-dealkylation sites (tertiary alicyclic amines) is 1. The van der Waals surface area contributed by atoms with Gasteiger partial charge in [0, 0.05) is 6.54 Å². The molecule has 1 saturated carbocycles. The van der Waals surface area contributed by atoms with Crippen molar-refractivity contribution in [2.24, 2.45) is 0 Å². The van der Waals surface area contributed by atoms with Crippen molar-refractivity contribution in [3.8, 4) is 0 Å². The van der Waals surface area contributed by atoms with Crippen LogP contribution in [0, 0.1) is 0 Å². The molecule has 0 aromatic heterocycles. The second kappa shape index (κ2) is 5.23. The topological polar surface area (TPSA) is 69.6 Å². The van der Waals surface area contributed by atoms with Gasteiger partial charge in [-0.25, -0.2) is 0 Å². The first kappa shape index (κ1) is 15.1. The Morgan fingerprint density at radius 3 is 2.55 bits per heavy atom. The minimum atomic E-state index is -4.45. The van der Waals surface area contributed by atoms with Gasteiger partial charge in [-0.1, -0.05) is 0 Å². The lowest BCUT2D eigenvalue weighted by molar-refractivity contribution is -0.158. The molecule has 5 nitrogen and oxygen atoms in total. The molecule has 0 bridgehead atoms. The number of nitrogens with zero attached hydrogens (tertiary/aromatic N) is 1. The average Bonchev–Trinajstić information content (AvgIpc) is 2.89. The quantitative estimate of drug-likeness (QED) is 0.799. The fourth-order valence-electron chi connectivity index (χ4n) is 2.73. The molecular formula is C12H17F3N2O3. The number of alkyl halides is 3. The Kier molecular flexibility index (Phi) is 3.95. The third-order valence-electron chi connectivity index (χ3n) is 3.83. The Balaban J connectivity index is 1.92. The third kappa shape index (κ3) is 3.23. The van der Waals surface area contributed by atoms with Crippen molar-refractivity contribution in [1.82, 2.24) is 10.2 Å². The minimum Gasteiger partial charge on any atom is -0.380 e. The van der Waals surface area contributed by atoms with E-state index in [2.05, 4.69) is 5.32 Å². The predicted octanol–water partition coefficient (Wildman–Crippen LogP) is 0.571. The molecule has 0 spiro atoms. The van der Waals surface area contributed by atoms with Crippen LogP contribution in [0.15, 0.2) is 0 Å². The van der Waals surface area contributed by atoms with Crippen molar-refractivity contribution in [3.63, 3.8) is 0 Å². The number of carbonyl (C=O) groups excluding carboxylic acids is 2. The molecule has 1 unspecified atom stereocenters. The van der Waals surface area contributed by atoms with E-state index in [1.54, 1.807) is 0 Å². The molecule has 0 aromatic rings. The van der Waals surface area contributed by atoms with E-state index in [-0.39, 0.29) is 13.0 Å². The van der Waals surface area contributed by atoms with Crippen molar-refractivity contribution in [2.45, 2.75) is 49.9 Å². The first-order valence-electron chi connectivity index (χ1n) is 6.60. The van der Waals surface area contributed by atoms with Gasteiger partial charge < -0.3 is 15.3 Å². The molecule has 1 aliphatic carbocycles. The Bertz CT molecular complexity index is 405. The summed E-state index contributed by atoms with van der Waals surface area (Å²) in [6.45, 7) is -1.34. The number of halogens is 3. The summed E-state index contributed by atoms with van der Waals surface area (Å²) in [5.74, 6) is -1.39. The molecule has 0 aromatic carbocycles. The molecule has 1 aliphatic heterocycles. The normalized spacial score (nSPS) is 26.1. The average molecular weight is 294 g/mol. The molecule has 2 aliphatic rings. The number of rotatable bonds is 3. The Hall–Kier alpha value is -1.31. The van der Waals surface area contributed by atoms with Gasteiger partial charge in [-0.3, -0.25) is 9.59 Å². The molecule has 2 amide bonds. The Labute approximate surface area is 114 Å². The van der Waals surface area contributed by atoms with Crippen molar-refractivity contribution in [2.75, 3.05) is 13.1 Å². The van der Waals surface area contributed by atoms with Crippen LogP contribution < -0.4 is 5.32 Å². The zero-order valence-corrected chi connectivity index (χ0v) is 10.9. The Morgan fingerprint density at radius 1 is 1.40 bits per heavy atom. The van der Waals surface area contributed by atoms with Crippen LogP contribution in [0.1, 0.15) is 32.1 Å². The van der Waals surface area contributed by atoms with E-state index in [1.807, 2.05) is 0 Å². The molecule has 20 heavy (non-hydrogen) atoms. The minimum absolute atomic E-state index is 0.0400. The number of aliphatic hydroxyl groups is 1. The van der Waals surface area contributed by atoms with Crippen LogP contribution in [0.3, 0.4) is 0 Å². The van der Waals surface area contributed by atoms with Crippen molar-refractivity contribution < 1.29 is 27.9 Å². The highest BCUT2D eigenvalue weighted by Crippen LogP contribution is 2.30. The number of nitrogens with one attached hydrogen (secondary N) is 1. The van der Waals surface area contributed by atoms with Crippen molar-refractivity contribution in [1.29, 1.82) is 0 Å². The predicted molar refractivity (Wildman–Crippen MR) is 62.6 cm³/mol. The maximum Gasteiger partial charge on any atom is 0.406 e. The summed E-state index contributed by atoms with van der Waals surface area (Å²) in [5.41, 5.74) is -1.47. The van der Waals surface area contributed by atoms with Gasteiger partial charge in [-0.2, -0.15) is 13.2 Å². The van der Waals surface area contributed by atoms with E-state index in [9.17, 15) is 27.9 Å². The summed E-state index contributed by atoms with van der Waals surface area (Å²) in [7, 11) is 0. The van der Waals surface area contributed by atoms with Crippen molar-refractivity contribution in [3.05, 3.63) is 0 Å². The highest BCUT2D eigenvalue weighted by Gasteiger charge is 2.44. The van der Waals surface area contributed by atoms with Crippen molar-refractivity contribution >= 4 is 11.8 Å². The smallest absolute Gasteiger partial charge is 0.380 e. The molecule has 1 saturated heterocycles. The van der Waals surface area contributed by atoms with E-state index in [0.29, 0.717) is 17.7 Å². The molecule has 8 heteroatoms. The molecular weight excluding hydrogens is 277 g/mol. The van der Waals surface area contributed by atoms with Crippen LogP contribution in [-0.4, -0.2) is 52.7 Å².